The van der Waals surface area contributed by atoms with E-state index in [4.69, 9.17) is 4.74 Å². The van der Waals surface area contributed by atoms with Gasteiger partial charge < -0.3 is 15.0 Å². The second-order valence-corrected chi connectivity index (χ2v) is 6.40. The lowest BCUT2D eigenvalue weighted by Crippen LogP contribution is -2.36. The first kappa shape index (κ1) is 19.0. The van der Waals surface area contributed by atoms with Gasteiger partial charge in [-0.15, -0.1) is 0 Å². The molecular formula is C21H22F2N2O2. The first-order chi connectivity index (χ1) is 13.0. The topological polar surface area (TPSA) is 41.6 Å². The number of nitrogens with one attached hydrogen (secondary N) is 1. The Hall–Kier alpha value is -2.73. The summed E-state index contributed by atoms with van der Waals surface area (Å²) in [6.45, 7) is 4.97. The third kappa shape index (κ3) is 4.92. The molecule has 0 aliphatic carbocycles. The number of ether oxygens (including phenoxy) is 1. The molecule has 1 fully saturated rings. The Labute approximate surface area is 157 Å². The smallest absolute Gasteiger partial charge is 0.244 e. The van der Waals surface area contributed by atoms with Crippen LogP contribution in [0.4, 0.5) is 14.5 Å². The van der Waals surface area contributed by atoms with E-state index in [9.17, 15) is 13.6 Å². The van der Waals surface area contributed by atoms with Gasteiger partial charge in [0.05, 0.1) is 19.3 Å². The van der Waals surface area contributed by atoms with E-state index in [-0.39, 0.29) is 17.5 Å². The van der Waals surface area contributed by atoms with Gasteiger partial charge in [0.25, 0.3) is 0 Å². The first-order valence-electron chi connectivity index (χ1n) is 8.90. The molecule has 1 heterocycles. The predicted molar refractivity (Wildman–Crippen MR) is 101 cm³/mol. The fraction of sp³-hybridized carbons (Fsp3) is 0.286. The highest BCUT2D eigenvalue weighted by molar-refractivity contribution is 5.92. The zero-order valence-electron chi connectivity index (χ0n) is 15.1. The second kappa shape index (κ2) is 8.77. The van der Waals surface area contributed by atoms with Crippen LogP contribution >= 0.6 is 0 Å². The van der Waals surface area contributed by atoms with Crippen molar-refractivity contribution in [3.63, 3.8) is 0 Å². The van der Waals surface area contributed by atoms with Crippen LogP contribution in [0, 0.1) is 11.6 Å². The van der Waals surface area contributed by atoms with E-state index in [1.807, 2.05) is 31.2 Å². The quantitative estimate of drug-likeness (QED) is 0.814. The number of morpholine rings is 1. The third-order valence-electron chi connectivity index (χ3n) is 4.50. The molecule has 2 aromatic carbocycles. The summed E-state index contributed by atoms with van der Waals surface area (Å²) in [7, 11) is 0. The van der Waals surface area contributed by atoms with Crippen molar-refractivity contribution < 1.29 is 18.3 Å². The maximum atomic E-state index is 13.6. The Morgan fingerprint density at radius 3 is 2.70 bits per heavy atom. The predicted octanol–water partition coefficient (Wildman–Crippen LogP) is 3.69. The molecule has 3 rings (SSSR count). The third-order valence-corrected chi connectivity index (χ3v) is 4.50. The van der Waals surface area contributed by atoms with Crippen LogP contribution < -0.4 is 10.2 Å². The van der Waals surface area contributed by atoms with Crippen LogP contribution in [0.3, 0.4) is 0 Å². The molecule has 0 saturated carbocycles. The van der Waals surface area contributed by atoms with E-state index in [1.54, 1.807) is 0 Å². The SMILES string of the molecule is C[C@H](NC(=O)/C=C/c1cccc(F)c1F)c1cccc(N2CCOCC2)c1. The molecule has 1 atom stereocenters. The van der Waals surface area contributed by atoms with Gasteiger partial charge in [-0.1, -0.05) is 24.3 Å². The Bertz CT molecular complexity index is 833. The van der Waals surface area contributed by atoms with Gasteiger partial charge in [-0.25, -0.2) is 8.78 Å². The fourth-order valence-corrected chi connectivity index (χ4v) is 2.97. The number of anilines is 1. The van der Waals surface area contributed by atoms with Gasteiger partial charge in [-0.3, -0.25) is 4.79 Å². The number of halogens is 2. The zero-order chi connectivity index (χ0) is 19.2. The molecule has 1 N–H and O–H groups in total. The minimum atomic E-state index is -0.965. The lowest BCUT2D eigenvalue weighted by molar-refractivity contribution is -0.117. The number of rotatable bonds is 5. The molecule has 0 bridgehead atoms. The number of hydrogen-bond acceptors (Lipinski definition) is 3. The summed E-state index contributed by atoms with van der Waals surface area (Å²) in [5.41, 5.74) is 2.10. The molecule has 0 spiro atoms. The summed E-state index contributed by atoms with van der Waals surface area (Å²) in [5.74, 6) is -2.28. The Morgan fingerprint density at radius 2 is 1.93 bits per heavy atom. The highest BCUT2D eigenvalue weighted by Gasteiger charge is 2.14. The van der Waals surface area contributed by atoms with Crippen molar-refractivity contribution in [1.82, 2.24) is 5.32 Å². The Kier molecular flexibility index (Phi) is 6.19. The second-order valence-electron chi connectivity index (χ2n) is 6.40. The fourth-order valence-electron chi connectivity index (χ4n) is 2.97. The van der Waals surface area contributed by atoms with E-state index < -0.39 is 11.6 Å². The van der Waals surface area contributed by atoms with E-state index in [0.29, 0.717) is 13.2 Å². The molecule has 27 heavy (non-hydrogen) atoms. The molecule has 2 aromatic rings. The minimum absolute atomic E-state index is 0.0344. The summed E-state index contributed by atoms with van der Waals surface area (Å²) in [4.78, 5) is 14.4. The summed E-state index contributed by atoms with van der Waals surface area (Å²) in [5, 5.41) is 2.85. The largest absolute Gasteiger partial charge is 0.378 e. The molecule has 142 valence electrons. The van der Waals surface area contributed by atoms with Crippen LogP contribution in [0.5, 0.6) is 0 Å². The minimum Gasteiger partial charge on any atom is -0.378 e. The Morgan fingerprint density at radius 1 is 1.19 bits per heavy atom. The molecular weight excluding hydrogens is 350 g/mol. The normalized spacial score (nSPS) is 15.7. The molecule has 1 amide bonds. The highest BCUT2D eigenvalue weighted by atomic mass is 19.2. The average Bonchev–Trinajstić information content (AvgIpc) is 2.70. The van der Waals surface area contributed by atoms with E-state index in [2.05, 4.69) is 10.2 Å². The van der Waals surface area contributed by atoms with Crippen LogP contribution in [0.25, 0.3) is 6.08 Å². The zero-order valence-corrected chi connectivity index (χ0v) is 15.1. The number of hydrogen-bond donors (Lipinski definition) is 1. The van der Waals surface area contributed by atoms with Crippen molar-refractivity contribution in [3.8, 4) is 0 Å². The van der Waals surface area contributed by atoms with Gasteiger partial charge in [0.15, 0.2) is 11.6 Å². The van der Waals surface area contributed by atoms with Crippen LogP contribution in [-0.2, 0) is 9.53 Å². The van der Waals surface area contributed by atoms with Crippen LogP contribution in [0.2, 0.25) is 0 Å². The maximum Gasteiger partial charge on any atom is 0.244 e. The van der Waals surface area contributed by atoms with Crippen molar-refractivity contribution in [2.45, 2.75) is 13.0 Å². The van der Waals surface area contributed by atoms with Crippen molar-refractivity contribution >= 4 is 17.7 Å². The van der Waals surface area contributed by atoms with E-state index in [1.165, 1.54) is 24.3 Å². The van der Waals surface area contributed by atoms with Crippen molar-refractivity contribution in [1.29, 1.82) is 0 Å². The molecule has 6 heteroatoms. The summed E-state index contributed by atoms with van der Waals surface area (Å²) in [6, 6.07) is 11.6. The standard InChI is InChI=1S/C21H22F2N2O2/c1-15(17-5-2-6-18(14-17)25-10-12-27-13-11-25)24-20(26)9-8-16-4-3-7-19(22)21(16)23/h2-9,14-15H,10-13H2,1H3,(H,24,26)/b9-8+/t15-/m0/s1. The maximum absolute atomic E-state index is 13.6. The monoisotopic (exact) mass is 372 g/mol. The number of amides is 1. The van der Waals surface area contributed by atoms with E-state index >= 15 is 0 Å². The van der Waals surface area contributed by atoms with Gasteiger partial charge in [0, 0.05) is 30.4 Å². The molecule has 0 radical (unpaired) electrons. The molecule has 1 aliphatic heterocycles. The van der Waals surface area contributed by atoms with Gasteiger partial charge in [0.1, 0.15) is 0 Å². The summed E-state index contributed by atoms with van der Waals surface area (Å²) < 4.78 is 32.2. The van der Waals surface area contributed by atoms with Gasteiger partial charge in [-0.2, -0.15) is 0 Å². The molecule has 1 saturated heterocycles. The molecule has 0 unspecified atom stereocenters. The molecule has 0 aromatic heterocycles. The number of benzene rings is 2. The van der Waals surface area contributed by atoms with E-state index in [0.717, 1.165) is 30.4 Å². The number of carbonyl (C=O) groups is 1. The van der Waals surface area contributed by atoms with Crippen LogP contribution in [0.1, 0.15) is 24.1 Å². The average molecular weight is 372 g/mol. The molecule has 1 aliphatic rings. The number of nitrogens with zero attached hydrogens (tertiary/aromatic N) is 1. The van der Waals surface area contributed by atoms with Crippen molar-refractivity contribution in [2.75, 3.05) is 31.2 Å². The highest BCUT2D eigenvalue weighted by Crippen LogP contribution is 2.21. The van der Waals surface area contributed by atoms with Crippen LogP contribution in [-0.4, -0.2) is 32.2 Å². The summed E-state index contributed by atoms with van der Waals surface area (Å²) >= 11 is 0. The lowest BCUT2D eigenvalue weighted by atomic mass is 10.1. The summed E-state index contributed by atoms with van der Waals surface area (Å²) in [6.07, 6.45) is 2.48. The lowest BCUT2D eigenvalue weighted by Gasteiger charge is -2.29. The molecule has 4 nitrogen and oxygen atoms in total. The van der Waals surface area contributed by atoms with Crippen molar-refractivity contribution in [2.24, 2.45) is 0 Å². The number of carbonyl (C=O) groups excluding carboxylic acids is 1. The Balaban J connectivity index is 1.64. The van der Waals surface area contributed by atoms with Gasteiger partial charge in [0.2, 0.25) is 5.91 Å². The van der Waals surface area contributed by atoms with Gasteiger partial charge >= 0.3 is 0 Å². The van der Waals surface area contributed by atoms with Crippen LogP contribution in [0.15, 0.2) is 48.5 Å². The van der Waals surface area contributed by atoms with Crippen molar-refractivity contribution in [3.05, 3.63) is 71.3 Å². The van der Waals surface area contributed by atoms with Gasteiger partial charge in [-0.05, 0) is 36.8 Å². The first-order valence-corrected chi connectivity index (χ1v) is 8.90.